The lowest BCUT2D eigenvalue weighted by Crippen LogP contribution is -2.63. The van der Waals surface area contributed by atoms with Crippen molar-refractivity contribution in [3.63, 3.8) is 0 Å². The monoisotopic (exact) mass is 510 g/mol. The summed E-state index contributed by atoms with van der Waals surface area (Å²) in [6.45, 7) is 12.6. The van der Waals surface area contributed by atoms with E-state index in [1.54, 1.807) is 24.3 Å². The van der Waals surface area contributed by atoms with Crippen molar-refractivity contribution >= 4 is 24.3 Å². The van der Waals surface area contributed by atoms with Gasteiger partial charge in [-0.2, -0.15) is 0 Å². The van der Waals surface area contributed by atoms with E-state index in [0.29, 0.717) is 24.1 Å². The number of hydrogen-bond donors (Lipinski definition) is 3. The number of ketones is 1. The highest BCUT2D eigenvalue weighted by atomic mass is 16.5. The average Bonchev–Trinajstić information content (AvgIpc) is 3.42. The molecule has 4 aliphatic rings. The molecule has 7 nitrogen and oxygen atoms in total. The van der Waals surface area contributed by atoms with Crippen LogP contribution in [-0.4, -0.2) is 46.3 Å². The van der Waals surface area contributed by atoms with Crippen LogP contribution in [0.25, 0.3) is 0 Å². The topological polar surface area (TPSA) is 113 Å². The smallest absolute Gasteiger partial charge is 0.478 e. The lowest BCUT2D eigenvalue weighted by Gasteiger charge is -2.63. The molecule has 1 aliphatic heterocycles. The fourth-order valence-corrected chi connectivity index (χ4v) is 8.65. The Morgan fingerprint density at radius 1 is 1.30 bits per heavy atom. The molecule has 5 rings (SSSR count). The van der Waals surface area contributed by atoms with Gasteiger partial charge in [0.05, 0.1) is 12.7 Å². The molecule has 0 spiro atoms. The zero-order chi connectivity index (χ0) is 26.9. The molecule has 0 aromatic heterocycles. The van der Waals surface area contributed by atoms with E-state index in [-0.39, 0.29) is 35.6 Å². The highest BCUT2D eigenvalue weighted by Crippen LogP contribution is 2.69. The zero-order valence-electron chi connectivity index (χ0n) is 22.3. The summed E-state index contributed by atoms with van der Waals surface area (Å²) in [4.78, 5) is 26.6. The second-order valence-corrected chi connectivity index (χ2v) is 12.6. The van der Waals surface area contributed by atoms with Crippen molar-refractivity contribution < 1.29 is 34.2 Å². The molecule has 1 heterocycles. The van der Waals surface area contributed by atoms with Gasteiger partial charge in [0.15, 0.2) is 6.10 Å². The number of carbonyl (C=O) groups is 2. The van der Waals surface area contributed by atoms with Gasteiger partial charge in [-0.15, -0.1) is 6.58 Å². The van der Waals surface area contributed by atoms with Gasteiger partial charge in [0, 0.05) is 23.7 Å². The third-order valence-corrected chi connectivity index (χ3v) is 11.1. The van der Waals surface area contributed by atoms with Crippen molar-refractivity contribution in [1.82, 2.24) is 0 Å². The summed E-state index contributed by atoms with van der Waals surface area (Å²) in [5.74, 6) is -1.42. The van der Waals surface area contributed by atoms with Gasteiger partial charge in [0.25, 0.3) is 0 Å². The van der Waals surface area contributed by atoms with Crippen LogP contribution in [0.3, 0.4) is 0 Å². The van der Waals surface area contributed by atoms with Crippen LogP contribution < -0.4 is 10.2 Å². The van der Waals surface area contributed by atoms with Crippen molar-refractivity contribution in [3.8, 4) is 5.75 Å². The van der Waals surface area contributed by atoms with Crippen LogP contribution in [0.2, 0.25) is 0 Å². The first kappa shape index (κ1) is 26.5. The van der Waals surface area contributed by atoms with Gasteiger partial charge in [-0.1, -0.05) is 39.8 Å². The Morgan fingerprint density at radius 2 is 2.03 bits per heavy atom. The van der Waals surface area contributed by atoms with E-state index in [4.69, 9.17) is 9.39 Å². The molecule has 200 valence electrons. The summed E-state index contributed by atoms with van der Waals surface area (Å²) in [5.41, 5.74) is -0.349. The molecule has 8 heteroatoms. The Hall–Kier alpha value is -2.16. The lowest BCUT2D eigenvalue weighted by atomic mass is 9.41. The summed E-state index contributed by atoms with van der Waals surface area (Å²) < 4.78 is 11.6. The van der Waals surface area contributed by atoms with E-state index in [1.807, 2.05) is 6.92 Å². The summed E-state index contributed by atoms with van der Waals surface area (Å²) in [6.07, 6.45) is 3.03. The van der Waals surface area contributed by atoms with Crippen molar-refractivity contribution in [3.05, 3.63) is 36.4 Å². The van der Waals surface area contributed by atoms with Gasteiger partial charge in [0.2, 0.25) is 0 Å². The largest absolute Gasteiger partial charge is 0.491 e. The number of aliphatic hydroxyl groups excluding tert-OH is 1. The van der Waals surface area contributed by atoms with Crippen molar-refractivity contribution in [2.75, 3.05) is 0 Å². The summed E-state index contributed by atoms with van der Waals surface area (Å²) in [5, 5.41) is 32.3. The number of aliphatic carboxylic acids is 1. The predicted molar refractivity (Wildman–Crippen MR) is 139 cm³/mol. The van der Waals surface area contributed by atoms with Gasteiger partial charge in [-0.3, -0.25) is 4.79 Å². The number of ether oxygens (including phenoxy) is 1. The zero-order valence-corrected chi connectivity index (χ0v) is 22.3. The number of carboxylic acids is 1. The number of carbonyl (C=O) groups excluding carboxylic acids is 1. The minimum Gasteiger partial charge on any atom is -0.478 e. The minimum absolute atomic E-state index is 0.100. The molecule has 3 fully saturated rings. The fourth-order valence-electron chi connectivity index (χ4n) is 8.65. The van der Waals surface area contributed by atoms with E-state index in [2.05, 4.69) is 27.4 Å². The third-order valence-electron chi connectivity index (χ3n) is 11.1. The Kier molecular flexibility index (Phi) is 6.40. The molecule has 1 aromatic rings. The number of fused-ring (bicyclic) bond motifs is 1. The van der Waals surface area contributed by atoms with Crippen LogP contribution in [0, 0.1) is 39.9 Å². The standard InChI is InChI=1S/C29H39BO7/c1-6-27(4)14-20(23(26(33)34)37-19-7-8-21-18(13-19)15-36-30(21)35)28(5)16(2)9-11-29(17(3)25(27)32)12-10-22(31)24(28)29/h6-8,13,16-17,20,23-25,32,35H,1,9-12,14-15H2,2-5H3,(H,33,34)/t16-,17+,20+,23?,24+,25+,27-,28-,29+/m1/s1. The normalized spacial score (nSPS) is 41.8. The van der Waals surface area contributed by atoms with E-state index in [9.17, 15) is 24.8 Å². The van der Waals surface area contributed by atoms with Crippen molar-refractivity contribution in [2.24, 2.45) is 39.9 Å². The van der Waals surface area contributed by atoms with Crippen LogP contribution in [0.4, 0.5) is 0 Å². The molecule has 3 saturated carbocycles. The minimum atomic E-state index is -1.23. The van der Waals surface area contributed by atoms with Gasteiger partial charge in [0.1, 0.15) is 11.5 Å². The van der Waals surface area contributed by atoms with E-state index >= 15 is 0 Å². The van der Waals surface area contributed by atoms with Crippen molar-refractivity contribution in [1.29, 1.82) is 0 Å². The van der Waals surface area contributed by atoms with Crippen LogP contribution in [0.5, 0.6) is 5.75 Å². The Labute approximate surface area is 219 Å². The van der Waals surface area contributed by atoms with Crippen LogP contribution >= 0.6 is 0 Å². The second kappa shape index (κ2) is 8.96. The quantitative estimate of drug-likeness (QED) is 0.411. The fraction of sp³-hybridized carbons (Fsp3) is 0.655. The van der Waals surface area contributed by atoms with Crippen LogP contribution in [0.15, 0.2) is 30.9 Å². The summed E-state index contributed by atoms with van der Waals surface area (Å²) >= 11 is 0. The molecule has 1 aromatic carbocycles. The van der Waals surface area contributed by atoms with Crippen LogP contribution in [-0.2, 0) is 20.9 Å². The third kappa shape index (κ3) is 3.74. The first-order chi connectivity index (χ1) is 17.4. The molecule has 37 heavy (non-hydrogen) atoms. The Bertz CT molecular complexity index is 1120. The second-order valence-electron chi connectivity index (χ2n) is 12.6. The molecule has 0 amide bonds. The first-order valence-corrected chi connectivity index (χ1v) is 13.6. The van der Waals surface area contributed by atoms with Crippen LogP contribution in [0.1, 0.15) is 65.4 Å². The number of Topliss-reactive ketones (excluding diaryl/α,β-unsaturated/α-hetero) is 1. The van der Waals surface area contributed by atoms with E-state index in [0.717, 1.165) is 24.8 Å². The summed E-state index contributed by atoms with van der Waals surface area (Å²) in [7, 11) is -0.995. The Balaban J connectivity index is 1.64. The molecule has 1 unspecified atom stereocenters. The number of carboxylic acid groups (broad SMARTS) is 1. The molecule has 9 atom stereocenters. The van der Waals surface area contributed by atoms with E-state index in [1.165, 1.54) is 0 Å². The number of benzene rings is 1. The maximum Gasteiger partial charge on any atom is 0.491 e. The highest BCUT2D eigenvalue weighted by Gasteiger charge is 2.68. The van der Waals surface area contributed by atoms with Gasteiger partial charge >= 0.3 is 13.1 Å². The number of aliphatic hydroxyl groups is 1. The lowest BCUT2D eigenvalue weighted by molar-refractivity contribution is -0.193. The van der Waals surface area contributed by atoms with Crippen molar-refractivity contribution in [2.45, 2.75) is 78.6 Å². The molecule has 2 bridgehead atoms. The van der Waals surface area contributed by atoms with Gasteiger partial charge < -0.3 is 24.6 Å². The maximum absolute atomic E-state index is 13.6. The summed E-state index contributed by atoms with van der Waals surface area (Å²) in [6, 6.07) is 5.09. The maximum atomic E-state index is 13.6. The predicted octanol–water partition coefficient (Wildman–Crippen LogP) is 3.35. The van der Waals surface area contributed by atoms with Gasteiger partial charge in [-0.05, 0) is 71.5 Å². The van der Waals surface area contributed by atoms with Gasteiger partial charge in [-0.25, -0.2) is 4.79 Å². The average molecular weight is 510 g/mol. The molecule has 3 aliphatic carbocycles. The number of hydrogen-bond acceptors (Lipinski definition) is 6. The Morgan fingerprint density at radius 3 is 2.70 bits per heavy atom. The SMILES string of the molecule is C=C[C@]1(C)C[C@@H](C(Oc2ccc3c(c2)COB3O)C(=O)O)[C@@]2(C)[C@H](C)CC[C@]3(CCC(=O)[C@H]32)[C@@H](C)[C@@H]1O. The molecular weight excluding hydrogens is 471 g/mol. The molecule has 0 radical (unpaired) electrons. The molecule has 3 N–H and O–H groups in total. The first-order valence-electron chi connectivity index (χ1n) is 13.6. The highest BCUT2D eigenvalue weighted by molar-refractivity contribution is 6.61. The molecule has 0 saturated heterocycles. The number of rotatable bonds is 5. The van der Waals surface area contributed by atoms with E-state index < -0.39 is 42.0 Å². The molecular formula is C29H39BO7.